The third-order valence-electron chi connectivity index (χ3n) is 4.61. The molecule has 8 heteroatoms. The van der Waals surface area contributed by atoms with Gasteiger partial charge in [0.05, 0.1) is 16.8 Å². The molecule has 1 aromatic heterocycles. The summed E-state index contributed by atoms with van der Waals surface area (Å²) in [4.78, 5) is 12.2. The van der Waals surface area contributed by atoms with E-state index in [1.165, 1.54) is 6.07 Å². The topological polar surface area (TPSA) is 56.1 Å². The molecule has 1 saturated heterocycles. The molecule has 0 saturated carbocycles. The molecule has 1 atom stereocenters. The van der Waals surface area contributed by atoms with Crippen molar-refractivity contribution in [2.45, 2.75) is 25.1 Å². The van der Waals surface area contributed by atoms with Gasteiger partial charge in [-0.1, -0.05) is 6.07 Å². The van der Waals surface area contributed by atoms with Gasteiger partial charge in [-0.3, -0.25) is 0 Å². The Morgan fingerprint density at radius 2 is 1.96 bits per heavy atom. The Morgan fingerprint density at radius 3 is 2.62 bits per heavy atom. The number of likely N-dealkylation sites (N-methyl/N-ethyl adjacent to an activating group) is 1. The molecule has 0 bridgehead atoms. The zero-order chi connectivity index (χ0) is 18.7. The lowest BCUT2D eigenvalue weighted by Gasteiger charge is -2.39. The summed E-state index contributed by atoms with van der Waals surface area (Å²) in [5.74, 6) is 0.573. The van der Waals surface area contributed by atoms with Crippen molar-refractivity contribution in [2.75, 3.05) is 29.9 Å². The lowest BCUT2D eigenvalue weighted by atomic mass is 10.00. The Morgan fingerprint density at radius 1 is 1.23 bits per heavy atom. The maximum Gasteiger partial charge on any atom is 0.417 e. The second-order valence-electron chi connectivity index (χ2n) is 6.21. The zero-order valence-corrected chi connectivity index (χ0v) is 14.2. The van der Waals surface area contributed by atoms with E-state index in [1.54, 1.807) is 30.6 Å². The third-order valence-corrected chi connectivity index (χ3v) is 4.61. The van der Waals surface area contributed by atoms with Crippen LogP contribution in [-0.4, -0.2) is 36.1 Å². The lowest BCUT2D eigenvalue weighted by molar-refractivity contribution is -0.137. The summed E-state index contributed by atoms with van der Waals surface area (Å²) in [6.45, 7) is 1.11. The van der Waals surface area contributed by atoms with Crippen LogP contribution in [0.5, 0.6) is 0 Å². The number of hydrogen-bond donors (Lipinski definition) is 0. The number of anilines is 2. The Balaban J connectivity index is 1.88. The number of halogens is 3. The van der Waals surface area contributed by atoms with Gasteiger partial charge in [0.1, 0.15) is 6.07 Å². The minimum Gasteiger partial charge on any atom is -0.368 e. The van der Waals surface area contributed by atoms with Gasteiger partial charge < -0.3 is 9.80 Å². The van der Waals surface area contributed by atoms with Gasteiger partial charge in [-0.2, -0.15) is 18.4 Å². The molecule has 2 aromatic rings. The molecule has 0 radical (unpaired) electrons. The molecule has 0 amide bonds. The Hall–Kier alpha value is -2.82. The Kier molecular flexibility index (Phi) is 4.98. The largest absolute Gasteiger partial charge is 0.417 e. The Labute approximate surface area is 149 Å². The van der Waals surface area contributed by atoms with E-state index in [0.29, 0.717) is 24.7 Å². The first-order chi connectivity index (χ1) is 12.4. The predicted molar refractivity (Wildman–Crippen MR) is 91.8 cm³/mol. The van der Waals surface area contributed by atoms with E-state index in [0.717, 1.165) is 18.9 Å². The molecular formula is C18H18F3N5. The zero-order valence-electron chi connectivity index (χ0n) is 14.2. The van der Waals surface area contributed by atoms with E-state index >= 15 is 0 Å². The van der Waals surface area contributed by atoms with Gasteiger partial charge in [0.15, 0.2) is 0 Å². The Bertz CT molecular complexity index is 801. The summed E-state index contributed by atoms with van der Waals surface area (Å²) in [6.07, 6.45) is 0.444. The maximum atomic E-state index is 13.2. The number of nitrogens with zero attached hydrogens (tertiary/aromatic N) is 5. The van der Waals surface area contributed by atoms with Crippen LogP contribution in [-0.2, 0) is 6.18 Å². The van der Waals surface area contributed by atoms with Crippen LogP contribution in [0.2, 0.25) is 0 Å². The minimum atomic E-state index is -4.55. The monoisotopic (exact) mass is 361 g/mol. The molecule has 1 aliphatic rings. The van der Waals surface area contributed by atoms with Crippen LogP contribution in [0.4, 0.5) is 24.8 Å². The molecule has 1 unspecified atom stereocenters. The number of piperidine rings is 1. The predicted octanol–water partition coefficient (Wildman–Crippen LogP) is 3.47. The fourth-order valence-electron chi connectivity index (χ4n) is 3.28. The maximum absolute atomic E-state index is 13.2. The first kappa shape index (κ1) is 18.0. The van der Waals surface area contributed by atoms with Crippen molar-refractivity contribution in [1.29, 1.82) is 5.26 Å². The number of alkyl halides is 3. The average Bonchev–Trinajstić information content (AvgIpc) is 2.66. The summed E-state index contributed by atoms with van der Waals surface area (Å²) in [5.41, 5.74) is -0.881. The molecular weight excluding hydrogens is 343 g/mol. The van der Waals surface area contributed by atoms with Crippen molar-refractivity contribution in [2.24, 2.45) is 0 Å². The third kappa shape index (κ3) is 3.57. The summed E-state index contributed by atoms with van der Waals surface area (Å²) in [5, 5.41) is 9.34. The highest BCUT2D eigenvalue weighted by Gasteiger charge is 2.36. The summed E-state index contributed by atoms with van der Waals surface area (Å²) < 4.78 is 39.6. The highest BCUT2D eigenvalue weighted by Crippen LogP contribution is 2.36. The van der Waals surface area contributed by atoms with Gasteiger partial charge in [0, 0.05) is 38.6 Å². The van der Waals surface area contributed by atoms with Crippen molar-refractivity contribution >= 4 is 11.6 Å². The highest BCUT2D eigenvalue weighted by atomic mass is 19.4. The molecule has 2 heterocycles. The molecule has 26 heavy (non-hydrogen) atoms. The van der Waals surface area contributed by atoms with Crippen molar-refractivity contribution in [3.8, 4) is 6.07 Å². The van der Waals surface area contributed by atoms with Crippen LogP contribution in [0.25, 0.3) is 0 Å². The van der Waals surface area contributed by atoms with Crippen LogP contribution in [0.3, 0.4) is 0 Å². The first-order valence-corrected chi connectivity index (χ1v) is 8.27. The number of nitriles is 1. The van der Waals surface area contributed by atoms with Crippen LogP contribution in [0, 0.1) is 11.3 Å². The van der Waals surface area contributed by atoms with Crippen LogP contribution in [0.15, 0.2) is 36.7 Å². The summed E-state index contributed by atoms with van der Waals surface area (Å²) in [7, 11) is 1.88. The van der Waals surface area contributed by atoms with Gasteiger partial charge in [-0.05, 0) is 31.0 Å². The molecule has 136 valence electrons. The number of rotatable bonds is 3. The van der Waals surface area contributed by atoms with E-state index in [2.05, 4.69) is 9.97 Å². The van der Waals surface area contributed by atoms with E-state index in [4.69, 9.17) is 0 Å². The average molecular weight is 361 g/mol. The van der Waals surface area contributed by atoms with Crippen LogP contribution < -0.4 is 9.80 Å². The van der Waals surface area contributed by atoms with Crippen molar-refractivity contribution in [3.05, 3.63) is 47.8 Å². The van der Waals surface area contributed by atoms with Gasteiger partial charge in [-0.25, -0.2) is 9.97 Å². The molecule has 0 aliphatic carbocycles. The SMILES string of the molecule is CN(c1ncccn1)C1CCCN(c2cccc(C(F)(F)F)c2C#N)C1. The van der Waals surface area contributed by atoms with Crippen molar-refractivity contribution < 1.29 is 13.2 Å². The van der Waals surface area contributed by atoms with Gasteiger partial charge in [-0.15, -0.1) is 0 Å². The molecule has 3 rings (SSSR count). The molecule has 0 spiro atoms. The van der Waals surface area contributed by atoms with Crippen LogP contribution >= 0.6 is 0 Å². The smallest absolute Gasteiger partial charge is 0.368 e. The standard InChI is InChI=1S/C18H18F3N5/c1-25(17-23-8-4-9-24-17)13-5-3-10-26(12-13)16-7-2-6-15(14(16)11-22)18(19,20)21/h2,4,6-9,13H,3,5,10,12H2,1H3. The normalized spacial score (nSPS) is 17.7. The second-order valence-corrected chi connectivity index (χ2v) is 6.21. The first-order valence-electron chi connectivity index (χ1n) is 8.27. The minimum absolute atomic E-state index is 0.0484. The fourth-order valence-corrected chi connectivity index (χ4v) is 3.28. The van der Waals surface area contributed by atoms with Crippen LogP contribution in [0.1, 0.15) is 24.0 Å². The number of hydrogen-bond acceptors (Lipinski definition) is 5. The molecule has 1 fully saturated rings. The van der Waals surface area contributed by atoms with E-state index in [9.17, 15) is 18.4 Å². The van der Waals surface area contributed by atoms with Crippen molar-refractivity contribution in [1.82, 2.24) is 9.97 Å². The molecule has 5 nitrogen and oxygen atoms in total. The van der Waals surface area contributed by atoms with E-state index in [1.807, 2.05) is 16.8 Å². The van der Waals surface area contributed by atoms with Gasteiger partial charge in [0.25, 0.3) is 0 Å². The second kappa shape index (κ2) is 7.20. The molecule has 1 aromatic carbocycles. The lowest BCUT2D eigenvalue weighted by Crippen LogP contribution is -2.47. The highest BCUT2D eigenvalue weighted by molar-refractivity contribution is 5.63. The summed E-state index contributed by atoms with van der Waals surface area (Å²) in [6, 6.07) is 7.40. The quantitative estimate of drug-likeness (QED) is 0.838. The summed E-state index contributed by atoms with van der Waals surface area (Å²) >= 11 is 0. The van der Waals surface area contributed by atoms with E-state index < -0.39 is 11.7 Å². The molecule has 1 aliphatic heterocycles. The van der Waals surface area contributed by atoms with Gasteiger partial charge >= 0.3 is 6.18 Å². The fraction of sp³-hybridized carbons (Fsp3) is 0.389. The van der Waals surface area contributed by atoms with Crippen molar-refractivity contribution in [3.63, 3.8) is 0 Å². The van der Waals surface area contributed by atoms with E-state index in [-0.39, 0.29) is 11.6 Å². The van der Waals surface area contributed by atoms with Gasteiger partial charge in [0.2, 0.25) is 5.95 Å². The number of benzene rings is 1. The molecule has 0 N–H and O–H groups in total. The number of aromatic nitrogens is 2.